The van der Waals surface area contributed by atoms with Crippen molar-refractivity contribution >= 4 is 11.6 Å². The molecule has 18 heavy (non-hydrogen) atoms. The predicted octanol–water partition coefficient (Wildman–Crippen LogP) is 3.66. The average Bonchev–Trinajstić information content (AvgIpc) is 2.34. The molecule has 0 bridgehead atoms. The van der Waals surface area contributed by atoms with E-state index in [-0.39, 0.29) is 6.04 Å². The summed E-state index contributed by atoms with van der Waals surface area (Å²) in [6, 6.07) is 10.2. The molecule has 0 saturated heterocycles. The molecule has 0 spiro atoms. The largest absolute Gasteiger partial charge is 0.308 e. The van der Waals surface area contributed by atoms with Crippen molar-refractivity contribution in [1.82, 2.24) is 10.3 Å². The van der Waals surface area contributed by atoms with Gasteiger partial charge in [-0.3, -0.25) is 4.98 Å². The van der Waals surface area contributed by atoms with E-state index in [1.165, 1.54) is 16.7 Å². The maximum absolute atomic E-state index is 6.23. The van der Waals surface area contributed by atoms with Crippen molar-refractivity contribution in [2.75, 3.05) is 7.05 Å². The molecule has 0 radical (unpaired) electrons. The lowest BCUT2D eigenvalue weighted by Gasteiger charge is -2.19. The van der Waals surface area contributed by atoms with Crippen molar-refractivity contribution in [3.63, 3.8) is 0 Å². The van der Waals surface area contributed by atoms with Gasteiger partial charge in [-0.1, -0.05) is 35.4 Å². The van der Waals surface area contributed by atoms with Gasteiger partial charge < -0.3 is 5.32 Å². The number of aryl methyl sites for hydroxylation is 2. The standard InChI is InChI=1S/C15H17ClN2/c1-10-6-7-12(11(2)9-10)14(17-3)15-13(16)5-4-8-18-15/h4-9,14,17H,1-3H3. The molecule has 2 rings (SSSR count). The minimum Gasteiger partial charge on any atom is -0.308 e. The maximum Gasteiger partial charge on any atom is 0.0804 e. The molecule has 0 saturated carbocycles. The van der Waals surface area contributed by atoms with E-state index in [2.05, 4.69) is 42.3 Å². The summed E-state index contributed by atoms with van der Waals surface area (Å²) in [6.45, 7) is 4.21. The van der Waals surface area contributed by atoms with Crippen molar-refractivity contribution in [2.45, 2.75) is 19.9 Å². The number of halogens is 1. The Labute approximate surface area is 113 Å². The monoisotopic (exact) mass is 260 g/mol. The molecule has 1 aromatic heterocycles. The van der Waals surface area contributed by atoms with E-state index in [1.54, 1.807) is 6.20 Å². The average molecular weight is 261 g/mol. The first-order valence-electron chi connectivity index (χ1n) is 5.98. The fourth-order valence-corrected chi connectivity index (χ4v) is 2.43. The van der Waals surface area contributed by atoms with E-state index in [0.717, 1.165) is 5.69 Å². The fraction of sp³-hybridized carbons (Fsp3) is 0.267. The molecule has 2 nitrogen and oxygen atoms in total. The van der Waals surface area contributed by atoms with Crippen LogP contribution >= 0.6 is 11.6 Å². The summed E-state index contributed by atoms with van der Waals surface area (Å²) in [6.07, 6.45) is 1.77. The van der Waals surface area contributed by atoms with Gasteiger partial charge in [0.05, 0.1) is 16.8 Å². The molecular formula is C15H17ClN2. The van der Waals surface area contributed by atoms with E-state index < -0.39 is 0 Å². The molecule has 0 amide bonds. The quantitative estimate of drug-likeness (QED) is 0.911. The van der Waals surface area contributed by atoms with Crippen LogP contribution < -0.4 is 5.32 Å². The number of pyridine rings is 1. The minimum atomic E-state index is 0.0271. The van der Waals surface area contributed by atoms with Gasteiger partial charge in [0.25, 0.3) is 0 Å². The number of hydrogen-bond acceptors (Lipinski definition) is 2. The van der Waals surface area contributed by atoms with Gasteiger partial charge in [0.1, 0.15) is 0 Å². The molecule has 1 atom stereocenters. The highest BCUT2D eigenvalue weighted by Crippen LogP contribution is 2.28. The Kier molecular flexibility index (Phi) is 4.00. The van der Waals surface area contributed by atoms with Gasteiger partial charge in [0, 0.05) is 6.20 Å². The zero-order valence-corrected chi connectivity index (χ0v) is 11.6. The molecule has 0 aliphatic heterocycles. The van der Waals surface area contributed by atoms with Gasteiger partial charge in [-0.05, 0) is 44.2 Å². The molecule has 0 aliphatic carbocycles. The number of benzene rings is 1. The summed E-state index contributed by atoms with van der Waals surface area (Å²) in [5.74, 6) is 0. The van der Waals surface area contributed by atoms with Gasteiger partial charge in [0.2, 0.25) is 0 Å². The lowest BCUT2D eigenvalue weighted by atomic mass is 9.97. The van der Waals surface area contributed by atoms with Crippen LogP contribution in [0.3, 0.4) is 0 Å². The number of nitrogens with zero attached hydrogens (tertiary/aromatic N) is 1. The third-order valence-corrected chi connectivity index (χ3v) is 3.40. The Bertz CT molecular complexity index is 552. The molecule has 1 N–H and O–H groups in total. The van der Waals surface area contributed by atoms with E-state index in [9.17, 15) is 0 Å². The van der Waals surface area contributed by atoms with E-state index in [4.69, 9.17) is 11.6 Å². The molecule has 1 aromatic carbocycles. The summed E-state index contributed by atoms with van der Waals surface area (Å²) in [5, 5.41) is 3.98. The van der Waals surface area contributed by atoms with E-state index >= 15 is 0 Å². The van der Waals surface area contributed by atoms with Crippen LogP contribution in [0, 0.1) is 13.8 Å². The Morgan fingerprint density at radius 1 is 1.22 bits per heavy atom. The smallest absolute Gasteiger partial charge is 0.0804 e. The summed E-state index contributed by atoms with van der Waals surface area (Å²) >= 11 is 6.23. The minimum absolute atomic E-state index is 0.0271. The van der Waals surface area contributed by atoms with Crippen LogP contribution in [0.1, 0.15) is 28.4 Å². The van der Waals surface area contributed by atoms with Crippen LogP contribution in [0.4, 0.5) is 0 Å². The van der Waals surface area contributed by atoms with Crippen LogP contribution in [-0.2, 0) is 0 Å². The Balaban J connectivity index is 2.49. The highest BCUT2D eigenvalue weighted by molar-refractivity contribution is 6.31. The van der Waals surface area contributed by atoms with Crippen molar-refractivity contribution in [2.24, 2.45) is 0 Å². The topological polar surface area (TPSA) is 24.9 Å². The van der Waals surface area contributed by atoms with Gasteiger partial charge in [-0.2, -0.15) is 0 Å². The highest BCUT2D eigenvalue weighted by atomic mass is 35.5. The number of aromatic nitrogens is 1. The van der Waals surface area contributed by atoms with Gasteiger partial charge in [-0.25, -0.2) is 0 Å². The maximum atomic E-state index is 6.23. The first-order chi connectivity index (χ1) is 8.63. The molecule has 0 fully saturated rings. The summed E-state index contributed by atoms with van der Waals surface area (Å²) in [5.41, 5.74) is 4.59. The first kappa shape index (κ1) is 13.1. The van der Waals surface area contributed by atoms with Crippen molar-refractivity contribution in [3.8, 4) is 0 Å². The van der Waals surface area contributed by atoms with Crippen LogP contribution in [-0.4, -0.2) is 12.0 Å². The number of rotatable bonds is 3. The number of nitrogens with one attached hydrogen (secondary N) is 1. The first-order valence-corrected chi connectivity index (χ1v) is 6.36. The van der Waals surface area contributed by atoms with Gasteiger partial charge in [0.15, 0.2) is 0 Å². The lowest BCUT2D eigenvalue weighted by molar-refractivity contribution is 0.667. The second kappa shape index (κ2) is 5.51. The summed E-state index contributed by atoms with van der Waals surface area (Å²) in [4.78, 5) is 4.39. The SMILES string of the molecule is CNC(c1ccc(C)cc1C)c1ncccc1Cl. The third-order valence-electron chi connectivity index (χ3n) is 3.09. The van der Waals surface area contributed by atoms with Gasteiger partial charge in [-0.15, -0.1) is 0 Å². The molecule has 0 aliphatic rings. The van der Waals surface area contributed by atoms with Crippen molar-refractivity contribution in [1.29, 1.82) is 0 Å². The van der Waals surface area contributed by atoms with Crippen LogP contribution in [0.5, 0.6) is 0 Å². The summed E-state index contributed by atoms with van der Waals surface area (Å²) in [7, 11) is 1.93. The van der Waals surface area contributed by atoms with Gasteiger partial charge >= 0.3 is 0 Å². The second-order valence-electron chi connectivity index (χ2n) is 4.45. The molecule has 2 aromatic rings. The van der Waals surface area contributed by atoms with Crippen molar-refractivity contribution < 1.29 is 0 Å². The lowest BCUT2D eigenvalue weighted by Crippen LogP contribution is -2.20. The van der Waals surface area contributed by atoms with Crippen LogP contribution in [0.25, 0.3) is 0 Å². The molecule has 1 heterocycles. The second-order valence-corrected chi connectivity index (χ2v) is 4.86. The summed E-state index contributed by atoms with van der Waals surface area (Å²) < 4.78 is 0. The molecule has 1 unspecified atom stereocenters. The number of hydrogen-bond donors (Lipinski definition) is 1. The fourth-order valence-electron chi connectivity index (χ4n) is 2.20. The Morgan fingerprint density at radius 2 is 2.00 bits per heavy atom. The van der Waals surface area contributed by atoms with Crippen molar-refractivity contribution in [3.05, 3.63) is 63.9 Å². The predicted molar refractivity (Wildman–Crippen MR) is 76.1 cm³/mol. The zero-order chi connectivity index (χ0) is 13.1. The molecule has 94 valence electrons. The third kappa shape index (κ3) is 2.55. The van der Waals surface area contributed by atoms with Crippen LogP contribution in [0.2, 0.25) is 5.02 Å². The molecular weight excluding hydrogens is 244 g/mol. The van der Waals surface area contributed by atoms with E-state index in [1.807, 2.05) is 19.2 Å². The molecule has 3 heteroatoms. The zero-order valence-electron chi connectivity index (χ0n) is 10.9. The highest BCUT2D eigenvalue weighted by Gasteiger charge is 2.17. The Hall–Kier alpha value is -1.38. The van der Waals surface area contributed by atoms with Crippen LogP contribution in [0.15, 0.2) is 36.5 Å². The van der Waals surface area contributed by atoms with E-state index in [0.29, 0.717) is 5.02 Å². The normalized spacial score (nSPS) is 12.4. The Morgan fingerprint density at radius 3 is 2.61 bits per heavy atom.